The third kappa shape index (κ3) is 8.47. The first kappa shape index (κ1) is 29.5. The first-order valence-corrected chi connectivity index (χ1v) is 12.4. The number of nitrogen functional groups attached to an aromatic ring is 2. The summed E-state index contributed by atoms with van der Waals surface area (Å²) in [7, 11) is 0. The van der Waals surface area contributed by atoms with E-state index in [0.717, 1.165) is 5.69 Å². The molecule has 8 N–H and O–H groups in total. The van der Waals surface area contributed by atoms with Crippen molar-refractivity contribution in [1.82, 2.24) is 25.3 Å². The lowest BCUT2D eigenvalue weighted by atomic mass is 10.1. The van der Waals surface area contributed by atoms with Gasteiger partial charge in [-0.05, 0) is 43.5 Å². The number of rotatable bonds is 15. The summed E-state index contributed by atoms with van der Waals surface area (Å²) < 4.78 is 0. The van der Waals surface area contributed by atoms with Crippen molar-refractivity contribution in [3.05, 3.63) is 41.7 Å². The second kappa shape index (κ2) is 13.6. The number of hydrogen-bond acceptors (Lipinski definition) is 11. The average molecular weight is 555 g/mol. The molecule has 2 heterocycles. The molecule has 0 spiro atoms. The van der Waals surface area contributed by atoms with E-state index >= 15 is 0 Å². The number of hydrogen-bond donors (Lipinski definition) is 6. The molecule has 3 rings (SSSR count). The van der Waals surface area contributed by atoms with Crippen molar-refractivity contribution in [2.24, 2.45) is 0 Å². The number of aromatic nitrogens is 4. The standard InChI is InChI=1S/C25H30N8O7/c26-21-20-22(32-25(27)31-21)28-12-15(29-20)13-33(11-3-1-2-4-18(34)35)16-7-5-14(6-8-16)23(38)30-17(24(39)40)9-10-19(36)37/h5-8,12,17H,1-4,9-11,13H2,(H,30,38)(H,34,35)(H,36,37)(H,39,40)(H4,26,27,28,31,32)/t17-/m0/s1. The number of carboxylic acid groups (broad SMARTS) is 3. The second-order valence-electron chi connectivity index (χ2n) is 8.97. The Morgan fingerprint density at radius 3 is 2.25 bits per heavy atom. The van der Waals surface area contributed by atoms with Crippen LogP contribution in [0.3, 0.4) is 0 Å². The number of aliphatic carboxylic acids is 3. The van der Waals surface area contributed by atoms with E-state index in [1.165, 1.54) is 18.3 Å². The fourth-order valence-corrected chi connectivity index (χ4v) is 3.90. The quantitative estimate of drug-likeness (QED) is 0.145. The van der Waals surface area contributed by atoms with E-state index in [-0.39, 0.29) is 35.8 Å². The molecule has 0 bridgehead atoms. The number of carbonyl (C=O) groups excluding carboxylic acids is 1. The number of nitrogens with one attached hydrogen (secondary N) is 1. The van der Waals surface area contributed by atoms with Crippen molar-refractivity contribution in [2.45, 2.75) is 51.1 Å². The number of fused-ring (bicyclic) bond motifs is 1. The lowest BCUT2D eigenvalue weighted by molar-refractivity contribution is -0.141. The predicted molar refractivity (Wildman–Crippen MR) is 143 cm³/mol. The number of carboxylic acids is 3. The molecule has 1 atom stereocenters. The molecule has 0 saturated heterocycles. The lowest BCUT2D eigenvalue weighted by Gasteiger charge is -2.25. The van der Waals surface area contributed by atoms with Crippen LogP contribution in [0.15, 0.2) is 30.5 Å². The van der Waals surface area contributed by atoms with Gasteiger partial charge in [-0.2, -0.15) is 9.97 Å². The molecular weight excluding hydrogens is 524 g/mol. The van der Waals surface area contributed by atoms with Gasteiger partial charge in [-0.3, -0.25) is 14.4 Å². The highest BCUT2D eigenvalue weighted by Gasteiger charge is 2.22. The fourth-order valence-electron chi connectivity index (χ4n) is 3.90. The Hall–Kier alpha value is -5.08. The molecule has 1 amide bonds. The van der Waals surface area contributed by atoms with Gasteiger partial charge >= 0.3 is 17.9 Å². The summed E-state index contributed by atoms with van der Waals surface area (Å²) in [6, 6.07) is 5.08. The fraction of sp³-hybridized carbons (Fsp3) is 0.360. The third-order valence-corrected chi connectivity index (χ3v) is 5.92. The maximum Gasteiger partial charge on any atom is 0.326 e. The van der Waals surface area contributed by atoms with Crippen LogP contribution in [0.5, 0.6) is 0 Å². The Balaban J connectivity index is 1.77. The zero-order valence-electron chi connectivity index (χ0n) is 21.5. The first-order valence-electron chi connectivity index (χ1n) is 12.4. The van der Waals surface area contributed by atoms with Crippen LogP contribution < -0.4 is 21.7 Å². The minimum atomic E-state index is -1.34. The van der Waals surface area contributed by atoms with Crippen LogP contribution in [0, 0.1) is 0 Å². The third-order valence-electron chi connectivity index (χ3n) is 5.92. The SMILES string of the molecule is Nc1nc(N)c2nc(CN(CCCCCC(=O)O)c3ccc(C(=O)N[C@@H](CCC(=O)O)C(=O)O)cc3)cnc2n1. The highest BCUT2D eigenvalue weighted by Crippen LogP contribution is 2.21. The van der Waals surface area contributed by atoms with Crippen LogP contribution in [0.2, 0.25) is 0 Å². The maximum absolute atomic E-state index is 12.6. The zero-order valence-corrected chi connectivity index (χ0v) is 21.5. The van der Waals surface area contributed by atoms with Gasteiger partial charge in [-0.25, -0.2) is 14.8 Å². The summed E-state index contributed by atoms with van der Waals surface area (Å²) >= 11 is 0. The first-order chi connectivity index (χ1) is 19.0. The Kier molecular flexibility index (Phi) is 10.0. The highest BCUT2D eigenvalue weighted by molar-refractivity contribution is 5.97. The number of amides is 1. The normalized spacial score (nSPS) is 11.6. The van der Waals surface area contributed by atoms with Crippen LogP contribution in [0.4, 0.5) is 17.5 Å². The van der Waals surface area contributed by atoms with Gasteiger partial charge in [0.05, 0.1) is 18.4 Å². The molecule has 0 aliphatic heterocycles. The molecule has 0 fully saturated rings. The number of benzene rings is 1. The molecule has 0 unspecified atom stereocenters. The number of nitrogens with zero attached hydrogens (tertiary/aromatic N) is 5. The molecule has 0 saturated carbocycles. The summed E-state index contributed by atoms with van der Waals surface area (Å²) in [6.45, 7) is 0.836. The van der Waals surface area contributed by atoms with E-state index in [4.69, 9.17) is 21.7 Å². The van der Waals surface area contributed by atoms with Crippen molar-refractivity contribution >= 4 is 52.4 Å². The molecule has 3 aromatic rings. The zero-order chi connectivity index (χ0) is 29.2. The van der Waals surface area contributed by atoms with E-state index in [0.29, 0.717) is 43.6 Å². The summed E-state index contributed by atoms with van der Waals surface area (Å²) in [4.78, 5) is 64.4. The Bertz CT molecular complexity index is 1380. The lowest BCUT2D eigenvalue weighted by Crippen LogP contribution is -2.41. The Labute approximate surface area is 228 Å². The number of nitrogens with two attached hydrogens (primary N) is 2. The van der Waals surface area contributed by atoms with Crippen molar-refractivity contribution in [2.75, 3.05) is 22.9 Å². The molecule has 0 aliphatic rings. The van der Waals surface area contributed by atoms with Crippen LogP contribution in [0.25, 0.3) is 11.2 Å². The molecule has 40 heavy (non-hydrogen) atoms. The average Bonchev–Trinajstić information content (AvgIpc) is 2.90. The number of carbonyl (C=O) groups is 4. The van der Waals surface area contributed by atoms with E-state index in [2.05, 4.69) is 25.3 Å². The summed E-state index contributed by atoms with van der Waals surface area (Å²) in [5.41, 5.74) is 13.6. The molecule has 0 radical (unpaired) electrons. The van der Waals surface area contributed by atoms with E-state index in [1.807, 2.05) is 4.90 Å². The van der Waals surface area contributed by atoms with Gasteiger partial charge in [-0.1, -0.05) is 6.42 Å². The summed E-state index contributed by atoms with van der Waals surface area (Å²) in [6.07, 6.45) is 2.85. The van der Waals surface area contributed by atoms with Crippen molar-refractivity contribution in [1.29, 1.82) is 0 Å². The van der Waals surface area contributed by atoms with Crippen LogP contribution in [-0.4, -0.2) is 71.7 Å². The van der Waals surface area contributed by atoms with E-state index < -0.39 is 36.3 Å². The van der Waals surface area contributed by atoms with E-state index in [9.17, 15) is 24.3 Å². The summed E-state index contributed by atoms with van der Waals surface area (Å²) in [5.74, 6) is -3.93. The molecule has 15 heteroatoms. The number of anilines is 3. The minimum Gasteiger partial charge on any atom is -0.481 e. The smallest absolute Gasteiger partial charge is 0.326 e. The number of unbranched alkanes of at least 4 members (excludes halogenated alkanes) is 2. The molecule has 0 aliphatic carbocycles. The highest BCUT2D eigenvalue weighted by atomic mass is 16.4. The monoisotopic (exact) mass is 554 g/mol. The minimum absolute atomic E-state index is 0.0178. The van der Waals surface area contributed by atoms with Crippen LogP contribution >= 0.6 is 0 Å². The molecule has 212 valence electrons. The topological polar surface area (TPSA) is 248 Å². The van der Waals surface area contributed by atoms with Crippen LogP contribution in [0.1, 0.15) is 54.6 Å². The van der Waals surface area contributed by atoms with Gasteiger partial charge in [0.25, 0.3) is 5.91 Å². The summed E-state index contributed by atoms with van der Waals surface area (Å²) in [5, 5.41) is 29.4. The van der Waals surface area contributed by atoms with Gasteiger partial charge in [0.15, 0.2) is 17.0 Å². The molecule has 1 aromatic carbocycles. The van der Waals surface area contributed by atoms with Crippen molar-refractivity contribution in [3.8, 4) is 0 Å². The second-order valence-corrected chi connectivity index (χ2v) is 8.97. The van der Waals surface area contributed by atoms with Gasteiger partial charge in [0.2, 0.25) is 5.95 Å². The van der Waals surface area contributed by atoms with Gasteiger partial charge in [-0.15, -0.1) is 0 Å². The van der Waals surface area contributed by atoms with Crippen molar-refractivity contribution < 1.29 is 34.5 Å². The molecule has 15 nitrogen and oxygen atoms in total. The van der Waals surface area contributed by atoms with Gasteiger partial charge in [0, 0.05) is 30.6 Å². The van der Waals surface area contributed by atoms with Gasteiger partial charge in [0.1, 0.15) is 6.04 Å². The largest absolute Gasteiger partial charge is 0.481 e. The Morgan fingerprint density at radius 2 is 1.60 bits per heavy atom. The molecular formula is C25H30N8O7. The van der Waals surface area contributed by atoms with Crippen molar-refractivity contribution in [3.63, 3.8) is 0 Å². The van der Waals surface area contributed by atoms with Crippen LogP contribution in [-0.2, 0) is 20.9 Å². The maximum atomic E-state index is 12.6. The van der Waals surface area contributed by atoms with Gasteiger partial charge < -0.3 is 37.0 Å². The molecule has 2 aromatic heterocycles. The predicted octanol–water partition coefficient (Wildman–Crippen LogP) is 1.28. The van der Waals surface area contributed by atoms with E-state index in [1.54, 1.807) is 12.1 Å². The Morgan fingerprint density at radius 1 is 0.900 bits per heavy atom.